The van der Waals surface area contributed by atoms with E-state index in [0.717, 1.165) is 22.4 Å². The number of nitrogens with one attached hydrogen (secondary N) is 2. The van der Waals surface area contributed by atoms with Crippen LogP contribution in [-0.2, 0) is 28.1 Å². The minimum Gasteiger partial charge on any atom is -0.471 e. The lowest BCUT2D eigenvalue weighted by Crippen LogP contribution is -2.39. The molecule has 0 saturated heterocycles. The lowest BCUT2D eigenvalue weighted by Gasteiger charge is -2.30. The van der Waals surface area contributed by atoms with Crippen LogP contribution in [0.4, 0.5) is 0 Å². The first-order valence-corrected chi connectivity index (χ1v) is 15.5. The second kappa shape index (κ2) is 14.7. The van der Waals surface area contributed by atoms with E-state index in [0.29, 0.717) is 18.8 Å². The summed E-state index contributed by atoms with van der Waals surface area (Å²) in [5.41, 5.74) is 3.47. The second-order valence-electron chi connectivity index (χ2n) is 10.1. The number of rotatable bonds is 15. The van der Waals surface area contributed by atoms with Crippen LogP contribution in [-0.4, -0.2) is 36.6 Å². The van der Waals surface area contributed by atoms with Crippen molar-refractivity contribution < 1.29 is 17.9 Å². The molecule has 2 atom stereocenters. The Kier molecular flexibility index (Phi) is 10.3. The van der Waals surface area contributed by atoms with E-state index >= 15 is 0 Å². The Morgan fingerprint density at radius 3 is 2.05 bits per heavy atom. The van der Waals surface area contributed by atoms with Gasteiger partial charge >= 0.3 is 0 Å². The van der Waals surface area contributed by atoms with E-state index in [2.05, 4.69) is 20.4 Å². The number of ether oxygens (including phenoxy) is 2. The van der Waals surface area contributed by atoms with Gasteiger partial charge in [-0.2, -0.15) is 0 Å². The summed E-state index contributed by atoms with van der Waals surface area (Å²) in [5.74, 6) is 0.754. The minimum absolute atomic E-state index is 0.219. The molecule has 43 heavy (non-hydrogen) atoms. The molecule has 0 aliphatic rings. The molecule has 2 N–H and O–H groups in total. The maximum absolute atomic E-state index is 13.5. The molecule has 5 aromatic rings. The molecule has 1 heterocycles. The van der Waals surface area contributed by atoms with Crippen molar-refractivity contribution in [1.82, 2.24) is 25.0 Å². The van der Waals surface area contributed by atoms with Gasteiger partial charge in [0.05, 0.1) is 36.4 Å². The van der Waals surface area contributed by atoms with Gasteiger partial charge in [0.1, 0.15) is 11.4 Å². The van der Waals surface area contributed by atoms with E-state index < -0.39 is 16.1 Å². The highest BCUT2D eigenvalue weighted by Crippen LogP contribution is 2.31. The van der Waals surface area contributed by atoms with Gasteiger partial charge < -0.3 is 14.8 Å². The van der Waals surface area contributed by atoms with Gasteiger partial charge in [-0.15, -0.1) is 5.10 Å². The maximum Gasteiger partial charge on any atom is 0.241 e. The fourth-order valence-electron chi connectivity index (χ4n) is 4.62. The van der Waals surface area contributed by atoms with Crippen molar-refractivity contribution in [2.24, 2.45) is 0 Å². The Morgan fingerprint density at radius 2 is 1.40 bits per heavy atom. The monoisotopic (exact) mass is 597 g/mol. The number of nitrogens with zero attached hydrogens (tertiary/aromatic N) is 3. The average Bonchev–Trinajstić information content (AvgIpc) is 3.50. The largest absolute Gasteiger partial charge is 0.471 e. The highest BCUT2D eigenvalue weighted by atomic mass is 32.2. The number of benzene rings is 4. The van der Waals surface area contributed by atoms with Crippen LogP contribution < -0.4 is 14.8 Å². The van der Waals surface area contributed by atoms with E-state index in [1.54, 1.807) is 35.1 Å². The Balaban J connectivity index is 1.24. The summed E-state index contributed by atoms with van der Waals surface area (Å²) >= 11 is 0. The van der Waals surface area contributed by atoms with E-state index in [1.807, 2.05) is 97.9 Å². The smallest absolute Gasteiger partial charge is 0.241 e. The SMILES string of the molecule is Cc1ccc(S(=O)(=O)N[C@H](c2ccccc2)[C@H](NCCOCc2cn(COc3ccccc3)nn2)c2ccccc2)cc1. The number of aromatic nitrogens is 3. The lowest BCUT2D eigenvalue weighted by molar-refractivity contribution is 0.117. The van der Waals surface area contributed by atoms with Gasteiger partial charge in [-0.1, -0.05) is 102 Å². The minimum atomic E-state index is -3.82. The Morgan fingerprint density at radius 1 is 0.791 bits per heavy atom. The maximum atomic E-state index is 13.5. The Bertz CT molecular complexity index is 1650. The highest BCUT2D eigenvalue weighted by Gasteiger charge is 2.29. The van der Waals surface area contributed by atoms with Gasteiger partial charge in [0.2, 0.25) is 10.0 Å². The summed E-state index contributed by atoms with van der Waals surface area (Å²) in [5, 5.41) is 11.8. The quantitative estimate of drug-likeness (QED) is 0.160. The molecule has 4 aromatic carbocycles. The van der Waals surface area contributed by atoms with Crippen LogP contribution in [0.5, 0.6) is 5.75 Å². The molecule has 9 nitrogen and oxygen atoms in total. The van der Waals surface area contributed by atoms with Gasteiger partial charge in [0.15, 0.2) is 6.73 Å². The lowest BCUT2D eigenvalue weighted by atomic mass is 9.94. The first-order valence-electron chi connectivity index (χ1n) is 14.0. The van der Waals surface area contributed by atoms with E-state index in [-0.39, 0.29) is 24.3 Å². The number of sulfonamides is 1. The zero-order chi connectivity index (χ0) is 29.9. The summed E-state index contributed by atoms with van der Waals surface area (Å²) in [6, 6.07) is 34.8. The molecule has 0 fully saturated rings. The summed E-state index contributed by atoms with van der Waals surface area (Å²) in [6.07, 6.45) is 1.79. The highest BCUT2D eigenvalue weighted by molar-refractivity contribution is 7.89. The summed E-state index contributed by atoms with van der Waals surface area (Å²) in [6.45, 7) is 3.31. The van der Waals surface area contributed by atoms with Crippen LogP contribution in [0.3, 0.4) is 0 Å². The molecule has 0 aliphatic heterocycles. The molecule has 0 saturated carbocycles. The predicted molar refractivity (Wildman–Crippen MR) is 165 cm³/mol. The van der Waals surface area contributed by atoms with E-state index in [9.17, 15) is 8.42 Å². The second-order valence-corrected chi connectivity index (χ2v) is 11.8. The third-order valence-electron chi connectivity index (χ3n) is 6.82. The fourth-order valence-corrected chi connectivity index (χ4v) is 5.86. The van der Waals surface area contributed by atoms with Crippen LogP contribution in [0.2, 0.25) is 0 Å². The Hall–Kier alpha value is -4.35. The molecular weight excluding hydrogens is 562 g/mol. The van der Waals surface area contributed by atoms with E-state index in [1.165, 1.54) is 0 Å². The molecule has 0 unspecified atom stereocenters. The number of hydrogen-bond acceptors (Lipinski definition) is 7. The van der Waals surface area contributed by atoms with Crippen molar-refractivity contribution in [3.8, 4) is 5.75 Å². The van der Waals surface area contributed by atoms with Crippen LogP contribution in [0.1, 0.15) is 34.5 Å². The van der Waals surface area contributed by atoms with Crippen LogP contribution >= 0.6 is 0 Å². The fraction of sp³-hybridized carbons (Fsp3) is 0.212. The molecule has 5 rings (SSSR count). The van der Waals surface area contributed by atoms with Crippen LogP contribution in [0, 0.1) is 6.92 Å². The molecule has 0 spiro atoms. The third-order valence-corrected chi connectivity index (χ3v) is 8.27. The van der Waals surface area contributed by atoms with Gasteiger partial charge in [0, 0.05) is 6.54 Å². The molecule has 0 aliphatic carbocycles. The number of aryl methyl sites for hydroxylation is 1. The van der Waals surface area contributed by atoms with Crippen molar-refractivity contribution in [1.29, 1.82) is 0 Å². The topological polar surface area (TPSA) is 107 Å². The molecule has 0 bridgehead atoms. The van der Waals surface area contributed by atoms with Crippen LogP contribution in [0.15, 0.2) is 126 Å². The zero-order valence-corrected chi connectivity index (χ0v) is 24.7. The van der Waals surface area contributed by atoms with Gasteiger partial charge in [0.25, 0.3) is 0 Å². The summed E-state index contributed by atoms with van der Waals surface area (Å²) < 4.78 is 43.3. The van der Waals surface area contributed by atoms with Gasteiger partial charge in [-0.25, -0.2) is 17.8 Å². The third kappa shape index (κ3) is 8.59. The molecule has 0 amide bonds. The molecular formula is C33H35N5O4S. The predicted octanol–water partition coefficient (Wildman–Crippen LogP) is 5.19. The van der Waals surface area contributed by atoms with Crippen molar-refractivity contribution >= 4 is 10.0 Å². The summed E-state index contributed by atoms with van der Waals surface area (Å²) in [7, 11) is -3.82. The average molecular weight is 598 g/mol. The molecule has 1 aromatic heterocycles. The first kappa shape index (κ1) is 30.1. The Labute approximate surface area is 252 Å². The van der Waals surface area contributed by atoms with Crippen LogP contribution in [0.25, 0.3) is 0 Å². The van der Waals surface area contributed by atoms with Gasteiger partial charge in [-0.3, -0.25) is 0 Å². The van der Waals surface area contributed by atoms with Gasteiger partial charge in [-0.05, 0) is 42.3 Å². The normalized spacial score (nSPS) is 13.0. The van der Waals surface area contributed by atoms with Crippen molar-refractivity contribution in [2.75, 3.05) is 13.2 Å². The zero-order valence-electron chi connectivity index (χ0n) is 23.9. The van der Waals surface area contributed by atoms with Crippen molar-refractivity contribution in [3.05, 3.63) is 144 Å². The molecule has 0 radical (unpaired) electrons. The first-order chi connectivity index (χ1) is 21.0. The van der Waals surface area contributed by atoms with Crippen molar-refractivity contribution in [2.45, 2.75) is 37.2 Å². The molecule has 222 valence electrons. The number of hydrogen-bond donors (Lipinski definition) is 2. The summed E-state index contributed by atoms with van der Waals surface area (Å²) in [4.78, 5) is 0.219. The van der Waals surface area contributed by atoms with Crippen molar-refractivity contribution in [3.63, 3.8) is 0 Å². The number of para-hydroxylation sites is 1. The van der Waals surface area contributed by atoms with E-state index in [4.69, 9.17) is 9.47 Å². The standard InChI is InChI=1S/C33H35N5O4S/c1-26-17-19-31(20-18-26)43(39,40)36-33(28-13-7-3-8-14-28)32(27-11-5-2-6-12-27)34-21-22-41-24-29-23-38(37-35-29)25-42-30-15-9-4-10-16-30/h2-20,23,32-34,36H,21-22,24-25H2,1H3/t32-,33-/m1/s1. The molecule has 10 heteroatoms.